The predicted molar refractivity (Wildman–Crippen MR) is 97.3 cm³/mol. The van der Waals surface area contributed by atoms with E-state index in [0.29, 0.717) is 6.54 Å². The fraction of sp³-hybridized carbons (Fsp3) is 0.316. The Morgan fingerprint density at radius 1 is 1.17 bits per heavy atom. The first-order chi connectivity index (χ1) is 11.3. The van der Waals surface area contributed by atoms with Gasteiger partial charge in [0.1, 0.15) is 5.75 Å². The number of para-hydroxylation sites is 1. The zero-order valence-electron chi connectivity index (χ0n) is 13.4. The fourth-order valence-electron chi connectivity index (χ4n) is 2.60. The summed E-state index contributed by atoms with van der Waals surface area (Å²) in [6, 6.07) is 16.6. The maximum absolute atomic E-state index is 6.03. The Kier molecular flexibility index (Phi) is 5.26. The Morgan fingerprint density at radius 3 is 2.83 bits per heavy atom. The summed E-state index contributed by atoms with van der Waals surface area (Å²) < 4.78 is 6.94. The molecule has 1 aromatic heterocycles. The highest BCUT2D eigenvalue weighted by atomic mass is 32.1. The van der Waals surface area contributed by atoms with Gasteiger partial charge < -0.3 is 10.5 Å². The number of hydrogen-bond donors (Lipinski definition) is 1. The largest absolute Gasteiger partial charge is 0.494 e. The second-order valence-electron chi connectivity index (χ2n) is 5.65. The van der Waals surface area contributed by atoms with Crippen LogP contribution in [0.1, 0.15) is 29.8 Å². The summed E-state index contributed by atoms with van der Waals surface area (Å²) >= 11 is 1.74. The van der Waals surface area contributed by atoms with Crippen LogP contribution in [0.3, 0.4) is 0 Å². The van der Waals surface area contributed by atoms with Crippen LogP contribution in [-0.4, -0.2) is 18.1 Å². The van der Waals surface area contributed by atoms with Crippen molar-refractivity contribution in [3.63, 3.8) is 0 Å². The molecule has 0 aliphatic rings. The fourth-order valence-corrected chi connectivity index (χ4v) is 3.68. The van der Waals surface area contributed by atoms with E-state index in [-0.39, 0.29) is 5.92 Å². The van der Waals surface area contributed by atoms with Gasteiger partial charge >= 0.3 is 0 Å². The number of benzene rings is 2. The van der Waals surface area contributed by atoms with Crippen molar-refractivity contribution in [3.05, 3.63) is 59.1 Å². The van der Waals surface area contributed by atoms with Gasteiger partial charge in [-0.3, -0.25) is 0 Å². The van der Waals surface area contributed by atoms with Gasteiger partial charge in [0, 0.05) is 12.5 Å². The minimum absolute atomic E-state index is 0.244. The number of nitrogens with zero attached hydrogens (tertiary/aromatic N) is 1. The average Bonchev–Trinajstić information content (AvgIpc) is 3.02. The van der Waals surface area contributed by atoms with E-state index in [9.17, 15) is 0 Å². The number of nitrogens with two attached hydrogens (primary N) is 1. The third kappa shape index (κ3) is 3.89. The molecular formula is C19H22N2OS. The molecule has 0 aliphatic carbocycles. The Morgan fingerprint density at radius 2 is 2.04 bits per heavy atom. The highest BCUT2D eigenvalue weighted by Crippen LogP contribution is 2.29. The van der Waals surface area contributed by atoms with Crippen LogP contribution < -0.4 is 10.5 Å². The molecule has 4 heteroatoms. The summed E-state index contributed by atoms with van der Waals surface area (Å²) in [6.45, 7) is 3.46. The van der Waals surface area contributed by atoms with E-state index in [1.165, 1.54) is 10.3 Å². The molecule has 120 valence electrons. The Hall–Kier alpha value is -1.91. The maximum Gasteiger partial charge on any atom is 0.119 e. The lowest BCUT2D eigenvalue weighted by Crippen LogP contribution is -2.14. The molecule has 0 bridgehead atoms. The second-order valence-corrected chi connectivity index (χ2v) is 6.71. The quantitative estimate of drug-likeness (QED) is 0.701. The second kappa shape index (κ2) is 7.57. The minimum Gasteiger partial charge on any atom is -0.494 e. The Labute approximate surface area is 141 Å². The highest BCUT2D eigenvalue weighted by molar-refractivity contribution is 7.18. The number of thiazole rings is 1. The van der Waals surface area contributed by atoms with Gasteiger partial charge in [-0.05, 0) is 42.7 Å². The van der Waals surface area contributed by atoms with E-state index in [0.717, 1.165) is 35.7 Å². The molecule has 0 saturated heterocycles. The molecule has 1 atom stereocenters. The number of aromatic nitrogens is 1. The maximum atomic E-state index is 6.03. The molecule has 1 heterocycles. The number of rotatable bonds is 7. The molecule has 0 spiro atoms. The van der Waals surface area contributed by atoms with Crippen molar-refractivity contribution < 1.29 is 4.74 Å². The summed E-state index contributed by atoms with van der Waals surface area (Å²) in [5, 5.41) is 1.12. The Balaban J connectivity index is 1.79. The average molecular weight is 326 g/mol. The van der Waals surface area contributed by atoms with E-state index in [1.54, 1.807) is 11.3 Å². The zero-order chi connectivity index (χ0) is 16.1. The summed E-state index contributed by atoms with van der Waals surface area (Å²) in [5.41, 5.74) is 8.33. The van der Waals surface area contributed by atoms with Crippen molar-refractivity contribution in [1.82, 2.24) is 4.98 Å². The number of ether oxygens (including phenoxy) is 1. The smallest absolute Gasteiger partial charge is 0.119 e. The van der Waals surface area contributed by atoms with Crippen molar-refractivity contribution in [2.75, 3.05) is 13.2 Å². The number of hydrogen-bond acceptors (Lipinski definition) is 4. The van der Waals surface area contributed by atoms with E-state index in [1.807, 2.05) is 18.2 Å². The molecule has 0 fully saturated rings. The normalized spacial score (nSPS) is 12.4. The van der Waals surface area contributed by atoms with Crippen LogP contribution >= 0.6 is 11.3 Å². The van der Waals surface area contributed by atoms with Crippen molar-refractivity contribution in [1.29, 1.82) is 0 Å². The molecule has 2 N–H and O–H groups in total. The van der Waals surface area contributed by atoms with Crippen molar-refractivity contribution in [3.8, 4) is 5.75 Å². The van der Waals surface area contributed by atoms with Crippen LogP contribution in [0.25, 0.3) is 10.2 Å². The van der Waals surface area contributed by atoms with Crippen molar-refractivity contribution in [2.24, 2.45) is 5.73 Å². The summed E-state index contributed by atoms with van der Waals surface area (Å²) in [5.74, 6) is 1.18. The van der Waals surface area contributed by atoms with E-state index in [4.69, 9.17) is 15.5 Å². The van der Waals surface area contributed by atoms with Crippen LogP contribution in [0.15, 0.2) is 48.5 Å². The topological polar surface area (TPSA) is 48.1 Å². The van der Waals surface area contributed by atoms with Crippen LogP contribution in [0.2, 0.25) is 0 Å². The molecule has 0 saturated carbocycles. The monoisotopic (exact) mass is 326 g/mol. The number of fused-ring (bicyclic) bond motifs is 1. The summed E-state index contributed by atoms with van der Waals surface area (Å²) in [6.07, 6.45) is 1.90. The van der Waals surface area contributed by atoms with E-state index < -0.39 is 0 Å². The van der Waals surface area contributed by atoms with Crippen LogP contribution in [0.5, 0.6) is 5.75 Å². The molecule has 0 radical (unpaired) electrons. The molecule has 3 rings (SSSR count). The minimum atomic E-state index is 0.244. The third-order valence-corrected chi connectivity index (χ3v) is 5.00. The molecule has 23 heavy (non-hydrogen) atoms. The van der Waals surface area contributed by atoms with Gasteiger partial charge in [0.25, 0.3) is 0 Å². The molecule has 3 nitrogen and oxygen atoms in total. The molecule has 3 aromatic rings. The van der Waals surface area contributed by atoms with Crippen molar-refractivity contribution in [2.45, 2.75) is 25.7 Å². The summed E-state index contributed by atoms with van der Waals surface area (Å²) in [4.78, 5) is 4.76. The lowest BCUT2D eigenvalue weighted by atomic mass is 10.00. The van der Waals surface area contributed by atoms with Gasteiger partial charge in [0.05, 0.1) is 21.8 Å². The lowest BCUT2D eigenvalue weighted by Gasteiger charge is -2.13. The molecular weight excluding hydrogens is 304 g/mol. The summed E-state index contributed by atoms with van der Waals surface area (Å²) in [7, 11) is 0. The van der Waals surface area contributed by atoms with Crippen LogP contribution in [-0.2, 0) is 6.42 Å². The Bertz CT molecular complexity index is 736. The van der Waals surface area contributed by atoms with Gasteiger partial charge in [0.2, 0.25) is 0 Å². The van der Waals surface area contributed by atoms with Crippen LogP contribution in [0, 0.1) is 0 Å². The predicted octanol–water partition coefficient (Wildman–Crippen LogP) is 4.37. The van der Waals surface area contributed by atoms with Gasteiger partial charge in [-0.2, -0.15) is 0 Å². The standard InChI is InChI=1S/C19H22N2OS/c1-2-10-22-16-7-5-6-14(12-16)11-15(13-20)19-21-17-8-3-4-9-18(17)23-19/h3-9,12,15H,2,10-11,13,20H2,1H3. The first-order valence-electron chi connectivity index (χ1n) is 8.07. The van der Waals surface area contributed by atoms with Crippen LogP contribution in [0.4, 0.5) is 0 Å². The van der Waals surface area contributed by atoms with Gasteiger partial charge in [-0.15, -0.1) is 11.3 Å². The van der Waals surface area contributed by atoms with Gasteiger partial charge in [-0.1, -0.05) is 31.2 Å². The molecule has 1 unspecified atom stereocenters. The van der Waals surface area contributed by atoms with Crippen molar-refractivity contribution >= 4 is 21.6 Å². The van der Waals surface area contributed by atoms with Gasteiger partial charge in [0.15, 0.2) is 0 Å². The first kappa shape index (κ1) is 16.0. The highest BCUT2D eigenvalue weighted by Gasteiger charge is 2.16. The zero-order valence-corrected chi connectivity index (χ0v) is 14.2. The third-order valence-electron chi connectivity index (χ3n) is 3.80. The molecule has 0 aliphatic heterocycles. The molecule has 0 amide bonds. The van der Waals surface area contributed by atoms with Gasteiger partial charge in [-0.25, -0.2) is 4.98 Å². The van der Waals surface area contributed by atoms with E-state index >= 15 is 0 Å². The molecule has 2 aromatic carbocycles. The van der Waals surface area contributed by atoms with E-state index in [2.05, 4.69) is 37.3 Å². The lowest BCUT2D eigenvalue weighted by molar-refractivity contribution is 0.317. The SMILES string of the molecule is CCCOc1cccc(CC(CN)c2nc3ccccc3s2)c1. The first-order valence-corrected chi connectivity index (χ1v) is 8.89.